The van der Waals surface area contributed by atoms with Gasteiger partial charge < -0.3 is 0 Å². The van der Waals surface area contributed by atoms with Gasteiger partial charge in [-0.2, -0.15) is 22.2 Å². The van der Waals surface area contributed by atoms with Gasteiger partial charge in [-0.1, -0.05) is 92.9 Å². The van der Waals surface area contributed by atoms with Gasteiger partial charge in [0.1, 0.15) is 0 Å². The third-order valence-electron chi connectivity index (χ3n) is 5.01. The molecule has 0 atom stereocenters. The third kappa shape index (κ3) is 5.19. The van der Waals surface area contributed by atoms with Crippen molar-refractivity contribution < 1.29 is 9.59 Å². The summed E-state index contributed by atoms with van der Waals surface area (Å²) in [4.78, 5) is 26.1. The Hall–Kier alpha value is -1.99. The van der Waals surface area contributed by atoms with Crippen LogP contribution in [0.25, 0.3) is 0 Å². The molecular formula is C24H24Cl2O2Si2. The quantitative estimate of drug-likeness (QED) is 0.272. The van der Waals surface area contributed by atoms with E-state index in [1.165, 1.54) is 0 Å². The summed E-state index contributed by atoms with van der Waals surface area (Å²) >= 11 is 13.1. The van der Waals surface area contributed by atoms with E-state index in [0.29, 0.717) is 22.3 Å². The average Bonchev–Trinajstić information content (AvgIpc) is 2.71. The van der Waals surface area contributed by atoms with Gasteiger partial charge in [0.2, 0.25) is 0 Å². The highest BCUT2D eigenvalue weighted by atomic mass is 35.6. The number of carbonyl (C=O) groups is 2. The van der Waals surface area contributed by atoms with Gasteiger partial charge in [0.05, 0.1) is 0 Å². The zero-order valence-corrected chi connectivity index (χ0v) is 21.0. The average molecular weight is 472 g/mol. The molecule has 0 bridgehead atoms. The SMILES string of the molecule is C[Si](C)(Cl)c1cccc(C(=O)c2cccc(C(=O)c3cccc([Si](C)(C)Cl)c3)c2)c1. The molecule has 0 aliphatic heterocycles. The summed E-state index contributed by atoms with van der Waals surface area (Å²) in [5.74, 6) is -0.242. The predicted octanol–water partition coefficient (Wildman–Crippen LogP) is 5.45. The second kappa shape index (κ2) is 8.63. The highest BCUT2D eigenvalue weighted by Crippen LogP contribution is 2.17. The largest absolute Gasteiger partial charge is 0.289 e. The van der Waals surface area contributed by atoms with Crippen LogP contribution in [-0.2, 0) is 0 Å². The van der Waals surface area contributed by atoms with Gasteiger partial charge in [0.15, 0.2) is 26.3 Å². The van der Waals surface area contributed by atoms with E-state index in [0.717, 1.165) is 10.4 Å². The first-order chi connectivity index (χ1) is 14.0. The van der Waals surface area contributed by atoms with E-state index in [4.69, 9.17) is 22.2 Å². The van der Waals surface area contributed by atoms with Crippen LogP contribution in [0.5, 0.6) is 0 Å². The number of benzene rings is 3. The molecule has 3 rings (SSSR count). The van der Waals surface area contributed by atoms with Crippen LogP contribution in [0.3, 0.4) is 0 Å². The lowest BCUT2D eigenvalue weighted by molar-refractivity contribution is 0.103. The number of rotatable bonds is 6. The van der Waals surface area contributed by atoms with Crippen molar-refractivity contribution in [3.05, 3.63) is 95.1 Å². The van der Waals surface area contributed by atoms with Crippen molar-refractivity contribution in [2.45, 2.75) is 26.2 Å². The summed E-state index contributed by atoms with van der Waals surface area (Å²) in [5.41, 5.74) is 2.12. The van der Waals surface area contributed by atoms with Crippen LogP contribution in [0, 0.1) is 0 Å². The molecule has 0 saturated carbocycles. The lowest BCUT2D eigenvalue weighted by atomic mass is 9.97. The number of hydrogen-bond acceptors (Lipinski definition) is 2. The van der Waals surface area contributed by atoms with Crippen molar-refractivity contribution in [3.8, 4) is 0 Å². The lowest BCUT2D eigenvalue weighted by Gasteiger charge is -2.15. The van der Waals surface area contributed by atoms with E-state index in [1.54, 1.807) is 36.4 Å². The highest BCUT2D eigenvalue weighted by Gasteiger charge is 2.23. The minimum Gasteiger partial charge on any atom is -0.289 e. The number of carbonyl (C=O) groups excluding carboxylic acids is 2. The Bertz CT molecular complexity index is 1030. The Kier molecular flexibility index (Phi) is 6.53. The zero-order chi connectivity index (χ0) is 22.1. The molecule has 0 aliphatic rings. The smallest absolute Gasteiger partial charge is 0.193 e. The second-order valence-electron chi connectivity index (χ2n) is 8.35. The molecule has 0 unspecified atom stereocenters. The topological polar surface area (TPSA) is 34.1 Å². The Balaban J connectivity index is 1.93. The van der Waals surface area contributed by atoms with Crippen LogP contribution in [0.4, 0.5) is 0 Å². The summed E-state index contributed by atoms with van der Waals surface area (Å²) in [7, 11) is -4.09. The molecule has 0 N–H and O–H groups in total. The Morgan fingerprint density at radius 1 is 0.567 bits per heavy atom. The summed E-state index contributed by atoms with van der Waals surface area (Å²) in [6.07, 6.45) is 0. The fourth-order valence-corrected chi connectivity index (χ4v) is 5.88. The van der Waals surface area contributed by atoms with E-state index in [9.17, 15) is 9.59 Å². The summed E-state index contributed by atoms with van der Waals surface area (Å²) in [5, 5.41) is 2.01. The van der Waals surface area contributed by atoms with Gasteiger partial charge in [-0.15, -0.1) is 0 Å². The normalized spacial score (nSPS) is 11.9. The van der Waals surface area contributed by atoms with E-state index in [1.807, 2.05) is 62.6 Å². The molecule has 0 saturated heterocycles. The van der Waals surface area contributed by atoms with Crippen molar-refractivity contribution in [2.24, 2.45) is 0 Å². The molecule has 0 amide bonds. The maximum atomic E-state index is 13.1. The first-order valence-electron chi connectivity index (χ1n) is 9.75. The standard InChI is InChI=1S/C24H24Cl2O2Si2/c1-29(2,25)21-12-6-10-19(15-21)23(27)17-8-5-9-18(14-17)24(28)20-11-7-13-22(16-20)30(3,4)26/h5-16H,1-4H3. The van der Waals surface area contributed by atoms with Crippen LogP contribution in [0.1, 0.15) is 31.8 Å². The molecule has 3 aromatic rings. The molecule has 6 heteroatoms. The van der Waals surface area contributed by atoms with Gasteiger partial charge in [-0.05, 0) is 16.4 Å². The first kappa shape index (κ1) is 22.7. The maximum Gasteiger partial charge on any atom is 0.193 e. The van der Waals surface area contributed by atoms with Crippen LogP contribution in [0.15, 0.2) is 72.8 Å². The number of hydrogen-bond donors (Lipinski definition) is 0. The lowest BCUT2D eigenvalue weighted by Crippen LogP contribution is -2.35. The second-order valence-corrected chi connectivity index (χ2v) is 21.1. The van der Waals surface area contributed by atoms with Crippen molar-refractivity contribution in [1.82, 2.24) is 0 Å². The maximum absolute atomic E-state index is 13.1. The zero-order valence-electron chi connectivity index (χ0n) is 17.5. The fourth-order valence-electron chi connectivity index (χ4n) is 3.20. The fraction of sp³-hybridized carbons (Fsp3) is 0.167. The molecule has 154 valence electrons. The molecule has 30 heavy (non-hydrogen) atoms. The van der Waals surface area contributed by atoms with Gasteiger partial charge in [-0.3, -0.25) is 9.59 Å². The summed E-state index contributed by atoms with van der Waals surface area (Å²) in [6.45, 7) is 8.10. The Labute approximate surface area is 189 Å². The highest BCUT2D eigenvalue weighted by molar-refractivity contribution is 7.26. The molecule has 3 aromatic carbocycles. The Morgan fingerprint density at radius 3 is 1.20 bits per heavy atom. The molecule has 0 aromatic heterocycles. The number of halogens is 2. The third-order valence-corrected chi connectivity index (χ3v) is 9.69. The molecule has 2 nitrogen and oxygen atoms in total. The minimum absolute atomic E-state index is 0.121. The molecule has 0 aliphatic carbocycles. The monoisotopic (exact) mass is 470 g/mol. The van der Waals surface area contributed by atoms with Crippen molar-refractivity contribution in [3.63, 3.8) is 0 Å². The minimum atomic E-state index is -2.05. The van der Waals surface area contributed by atoms with Gasteiger partial charge in [0.25, 0.3) is 0 Å². The van der Waals surface area contributed by atoms with Gasteiger partial charge in [0, 0.05) is 22.3 Å². The Morgan fingerprint density at radius 2 is 0.867 bits per heavy atom. The van der Waals surface area contributed by atoms with Crippen LogP contribution in [-0.4, -0.2) is 26.3 Å². The molecule has 0 radical (unpaired) electrons. The van der Waals surface area contributed by atoms with Gasteiger partial charge >= 0.3 is 0 Å². The van der Waals surface area contributed by atoms with Crippen molar-refractivity contribution in [2.75, 3.05) is 0 Å². The van der Waals surface area contributed by atoms with Crippen molar-refractivity contribution >= 4 is 58.9 Å². The van der Waals surface area contributed by atoms with E-state index >= 15 is 0 Å². The summed E-state index contributed by atoms with van der Waals surface area (Å²) in [6, 6.07) is 21.8. The summed E-state index contributed by atoms with van der Waals surface area (Å²) < 4.78 is 0. The number of ketones is 2. The van der Waals surface area contributed by atoms with Crippen LogP contribution < -0.4 is 10.4 Å². The van der Waals surface area contributed by atoms with E-state index < -0.39 is 14.8 Å². The van der Waals surface area contributed by atoms with E-state index in [2.05, 4.69) is 0 Å². The molecular weight excluding hydrogens is 447 g/mol. The predicted molar refractivity (Wildman–Crippen MR) is 132 cm³/mol. The van der Waals surface area contributed by atoms with Gasteiger partial charge in [-0.25, -0.2) is 0 Å². The van der Waals surface area contributed by atoms with E-state index in [-0.39, 0.29) is 11.6 Å². The molecule has 0 heterocycles. The van der Waals surface area contributed by atoms with Crippen molar-refractivity contribution in [1.29, 1.82) is 0 Å². The molecule has 0 spiro atoms. The van der Waals surface area contributed by atoms with Crippen LogP contribution in [0.2, 0.25) is 26.2 Å². The van der Waals surface area contributed by atoms with Crippen LogP contribution >= 0.6 is 22.2 Å². The molecule has 0 fully saturated rings. The first-order valence-corrected chi connectivity index (χ1v) is 17.8.